The van der Waals surface area contributed by atoms with E-state index in [0.717, 1.165) is 0 Å². The SMILES string of the molecule is Nc1ncc(O)c(C(F)F)c1S(=O)(=O)Cl. The van der Waals surface area contributed by atoms with Crippen molar-refractivity contribution in [2.75, 3.05) is 5.73 Å². The van der Waals surface area contributed by atoms with Crippen molar-refractivity contribution in [1.29, 1.82) is 0 Å². The largest absolute Gasteiger partial charge is 0.506 e. The van der Waals surface area contributed by atoms with Gasteiger partial charge >= 0.3 is 0 Å². The molecule has 5 nitrogen and oxygen atoms in total. The lowest BCUT2D eigenvalue weighted by molar-refractivity contribution is 0.144. The number of nitrogens with two attached hydrogens (primary N) is 1. The number of pyridine rings is 1. The fraction of sp³-hybridized carbons (Fsp3) is 0.167. The zero-order valence-electron chi connectivity index (χ0n) is 6.99. The standard InChI is InChI=1S/C6H5ClF2N2O3S/c7-15(13,14)4-3(5(8)9)2(12)1-11-6(4)10/h1,5,12H,(H2,10,11). The van der Waals surface area contributed by atoms with Crippen LogP contribution in [0.4, 0.5) is 14.6 Å². The monoisotopic (exact) mass is 258 g/mol. The Bertz CT molecular complexity index is 491. The molecule has 84 valence electrons. The topological polar surface area (TPSA) is 93.3 Å². The van der Waals surface area contributed by atoms with Crippen molar-refractivity contribution in [2.45, 2.75) is 11.3 Å². The number of aromatic hydroxyl groups is 1. The van der Waals surface area contributed by atoms with Gasteiger partial charge in [0, 0.05) is 10.7 Å². The molecule has 0 fully saturated rings. The molecule has 1 aromatic rings. The van der Waals surface area contributed by atoms with Gasteiger partial charge in [0.05, 0.1) is 11.8 Å². The van der Waals surface area contributed by atoms with Crippen LogP contribution in [0, 0.1) is 0 Å². The van der Waals surface area contributed by atoms with Gasteiger partial charge in [-0.1, -0.05) is 0 Å². The van der Waals surface area contributed by atoms with Gasteiger partial charge in [0.2, 0.25) is 0 Å². The second kappa shape index (κ2) is 3.78. The first kappa shape index (κ1) is 11.9. The van der Waals surface area contributed by atoms with Crippen LogP contribution < -0.4 is 5.73 Å². The Morgan fingerprint density at radius 1 is 1.53 bits per heavy atom. The lowest BCUT2D eigenvalue weighted by Gasteiger charge is -2.09. The van der Waals surface area contributed by atoms with Crippen molar-refractivity contribution in [3.8, 4) is 5.75 Å². The van der Waals surface area contributed by atoms with Crippen molar-refractivity contribution in [3.05, 3.63) is 11.8 Å². The molecule has 0 unspecified atom stereocenters. The first-order valence-corrected chi connectivity index (χ1v) is 5.76. The van der Waals surface area contributed by atoms with E-state index in [1.165, 1.54) is 0 Å². The number of halogens is 3. The minimum absolute atomic E-state index is 0.627. The molecular formula is C6H5ClF2N2O3S. The van der Waals surface area contributed by atoms with Gasteiger partial charge in [-0.2, -0.15) is 0 Å². The molecule has 0 bridgehead atoms. The number of rotatable bonds is 2. The normalized spacial score (nSPS) is 12.0. The third kappa shape index (κ3) is 2.26. The van der Waals surface area contributed by atoms with Gasteiger partial charge in [-0.3, -0.25) is 0 Å². The lowest BCUT2D eigenvalue weighted by atomic mass is 10.2. The van der Waals surface area contributed by atoms with E-state index in [1.54, 1.807) is 0 Å². The molecule has 9 heteroatoms. The fourth-order valence-electron chi connectivity index (χ4n) is 0.980. The highest BCUT2D eigenvalue weighted by Crippen LogP contribution is 2.37. The smallest absolute Gasteiger partial charge is 0.268 e. The van der Waals surface area contributed by atoms with Gasteiger partial charge in [0.25, 0.3) is 15.5 Å². The molecular weight excluding hydrogens is 254 g/mol. The van der Waals surface area contributed by atoms with Crippen LogP contribution in [-0.2, 0) is 9.05 Å². The van der Waals surface area contributed by atoms with E-state index >= 15 is 0 Å². The second-order valence-corrected chi connectivity index (χ2v) is 5.01. The van der Waals surface area contributed by atoms with E-state index < -0.39 is 37.5 Å². The maximum absolute atomic E-state index is 12.4. The van der Waals surface area contributed by atoms with Crippen molar-refractivity contribution in [1.82, 2.24) is 4.98 Å². The molecule has 0 saturated carbocycles. The first-order chi connectivity index (χ1) is 6.75. The van der Waals surface area contributed by atoms with Gasteiger partial charge in [-0.25, -0.2) is 22.2 Å². The van der Waals surface area contributed by atoms with Crippen LogP contribution in [0.3, 0.4) is 0 Å². The van der Waals surface area contributed by atoms with Gasteiger partial charge < -0.3 is 10.8 Å². The van der Waals surface area contributed by atoms with E-state index in [4.69, 9.17) is 21.5 Å². The van der Waals surface area contributed by atoms with Gasteiger partial charge in [-0.05, 0) is 0 Å². The molecule has 0 saturated heterocycles. The van der Waals surface area contributed by atoms with Crippen molar-refractivity contribution in [3.63, 3.8) is 0 Å². The summed E-state index contributed by atoms with van der Waals surface area (Å²) in [4.78, 5) is 2.16. The maximum Gasteiger partial charge on any atom is 0.268 e. The molecule has 3 N–H and O–H groups in total. The summed E-state index contributed by atoms with van der Waals surface area (Å²) < 4.78 is 46.7. The highest BCUT2D eigenvalue weighted by Gasteiger charge is 2.28. The first-order valence-electron chi connectivity index (χ1n) is 3.45. The predicted octanol–water partition coefficient (Wildman–Crippen LogP) is 1.23. The predicted molar refractivity (Wildman–Crippen MR) is 48.3 cm³/mol. The van der Waals surface area contributed by atoms with Crippen LogP contribution in [0.25, 0.3) is 0 Å². The third-order valence-electron chi connectivity index (χ3n) is 1.54. The minimum atomic E-state index is -4.49. The molecule has 0 atom stereocenters. The Labute approximate surface area is 87.9 Å². The molecule has 0 radical (unpaired) electrons. The van der Waals surface area contributed by atoms with Crippen molar-refractivity contribution in [2.24, 2.45) is 0 Å². The summed E-state index contributed by atoms with van der Waals surface area (Å²) in [5.74, 6) is -1.66. The van der Waals surface area contributed by atoms with E-state index in [1.807, 2.05) is 0 Å². The van der Waals surface area contributed by atoms with E-state index in [-0.39, 0.29) is 0 Å². The molecule has 0 aromatic carbocycles. The molecule has 1 heterocycles. The number of nitrogens with zero attached hydrogens (tertiary/aromatic N) is 1. The van der Waals surface area contributed by atoms with Crippen LogP contribution in [-0.4, -0.2) is 18.5 Å². The number of alkyl halides is 2. The van der Waals surface area contributed by atoms with E-state index in [9.17, 15) is 17.2 Å². The van der Waals surface area contributed by atoms with Gasteiger partial charge in [0.15, 0.2) is 0 Å². The molecule has 1 rings (SSSR count). The summed E-state index contributed by atoms with van der Waals surface area (Å²) >= 11 is 0. The summed E-state index contributed by atoms with van der Waals surface area (Å²) in [6.45, 7) is 0. The number of nitrogen functional groups attached to an aromatic ring is 1. The second-order valence-electron chi connectivity index (χ2n) is 2.51. The Morgan fingerprint density at radius 2 is 2.07 bits per heavy atom. The molecule has 1 aromatic heterocycles. The highest BCUT2D eigenvalue weighted by atomic mass is 35.7. The van der Waals surface area contributed by atoms with E-state index in [0.29, 0.717) is 6.20 Å². The lowest BCUT2D eigenvalue weighted by Crippen LogP contribution is -2.06. The van der Waals surface area contributed by atoms with Crippen LogP contribution in [0.5, 0.6) is 5.75 Å². The summed E-state index contributed by atoms with van der Waals surface area (Å²) in [5.41, 5.74) is 3.95. The number of hydrogen-bond acceptors (Lipinski definition) is 5. The quantitative estimate of drug-likeness (QED) is 0.779. The van der Waals surface area contributed by atoms with Crippen molar-refractivity contribution < 1.29 is 22.3 Å². The molecule has 0 spiro atoms. The van der Waals surface area contributed by atoms with Crippen LogP contribution in [0.2, 0.25) is 0 Å². The maximum atomic E-state index is 12.4. The molecule has 0 aliphatic rings. The van der Waals surface area contributed by atoms with Crippen LogP contribution >= 0.6 is 10.7 Å². The average molecular weight is 259 g/mol. The summed E-state index contributed by atoms with van der Waals surface area (Å²) in [5, 5.41) is 9.03. The molecule has 15 heavy (non-hydrogen) atoms. The minimum Gasteiger partial charge on any atom is -0.506 e. The average Bonchev–Trinajstić information content (AvgIpc) is 2.05. The summed E-state index contributed by atoms with van der Waals surface area (Å²) in [7, 11) is 0.406. The zero-order valence-corrected chi connectivity index (χ0v) is 8.56. The molecule has 0 aliphatic heterocycles. The third-order valence-corrected chi connectivity index (χ3v) is 2.92. The Hall–Kier alpha value is -1.15. The van der Waals surface area contributed by atoms with Crippen LogP contribution in [0.15, 0.2) is 11.1 Å². The summed E-state index contributed by atoms with van der Waals surface area (Å²) in [6, 6.07) is 0. The van der Waals surface area contributed by atoms with Gasteiger partial charge in [0.1, 0.15) is 16.5 Å². The Morgan fingerprint density at radius 3 is 2.40 bits per heavy atom. The van der Waals surface area contributed by atoms with E-state index in [2.05, 4.69) is 4.98 Å². The zero-order chi connectivity index (χ0) is 11.8. The summed E-state index contributed by atoms with van der Waals surface area (Å²) in [6.07, 6.45) is -2.60. The Kier molecular flexibility index (Phi) is 3.00. The van der Waals surface area contributed by atoms with Crippen LogP contribution in [0.1, 0.15) is 12.0 Å². The molecule has 0 aliphatic carbocycles. The number of anilines is 1. The molecule has 0 amide bonds. The van der Waals surface area contributed by atoms with Crippen molar-refractivity contribution >= 4 is 25.6 Å². The fourth-order valence-corrected chi connectivity index (χ4v) is 2.23. The number of hydrogen-bond donors (Lipinski definition) is 2. The highest BCUT2D eigenvalue weighted by molar-refractivity contribution is 8.13. The Balaban J connectivity index is 3.68. The number of aromatic nitrogens is 1. The van der Waals surface area contributed by atoms with Gasteiger partial charge in [-0.15, -0.1) is 0 Å².